The highest BCUT2D eigenvalue weighted by molar-refractivity contribution is 5.30. The van der Waals surface area contributed by atoms with Gasteiger partial charge >= 0.3 is 0 Å². The Morgan fingerprint density at radius 2 is 2.19 bits per heavy atom. The van der Waals surface area contributed by atoms with Crippen LogP contribution in [-0.4, -0.2) is 14.3 Å². The first-order valence-electron chi connectivity index (χ1n) is 5.11. The van der Waals surface area contributed by atoms with Crippen LogP contribution in [0.1, 0.15) is 5.69 Å². The molecule has 0 aromatic carbocycles. The van der Waals surface area contributed by atoms with Crippen molar-refractivity contribution in [2.24, 2.45) is 0 Å². The number of aromatic nitrogens is 3. The van der Waals surface area contributed by atoms with Gasteiger partial charge in [0.1, 0.15) is 0 Å². The van der Waals surface area contributed by atoms with Crippen LogP contribution in [0, 0.1) is 6.92 Å². The smallest absolute Gasteiger partial charge is 0.250 e. The molecule has 0 radical (unpaired) electrons. The Bertz CT molecular complexity index is 541. The van der Waals surface area contributed by atoms with Gasteiger partial charge in [-0.3, -0.25) is 9.48 Å². The fourth-order valence-electron chi connectivity index (χ4n) is 1.61. The van der Waals surface area contributed by atoms with E-state index in [1.165, 1.54) is 0 Å². The Morgan fingerprint density at radius 3 is 2.81 bits per heavy atom. The Balaban J connectivity index is 2.13. The molecule has 0 atom stereocenters. The van der Waals surface area contributed by atoms with E-state index in [2.05, 4.69) is 5.10 Å². The summed E-state index contributed by atoms with van der Waals surface area (Å²) in [5.41, 5.74) is 7.16. The highest BCUT2D eigenvalue weighted by Crippen LogP contribution is 1.99. The van der Waals surface area contributed by atoms with Crippen molar-refractivity contribution in [3.05, 3.63) is 46.6 Å². The summed E-state index contributed by atoms with van der Waals surface area (Å²) in [5, 5.41) is 4.07. The zero-order chi connectivity index (χ0) is 11.5. The standard InChI is InChI=1S/C11H14N4O/c1-9-3-2-4-11(16)15(9)6-5-14-8-10(12)7-13-14/h2-4,7-8H,5-6,12H2,1H3. The average molecular weight is 218 g/mol. The van der Waals surface area contributed by atoms with Crippen LogP contribution in [0.4, 0.5) is 5.69 Å². The van der Waals surface area contributed by atoms with E-state index in [9.17, 15) is 4.79 Å². The van der Waals surface area contributed by atoms with E-state index in [0.29, 0.717) is 18.8 Å². The molecule has 0 aliphatic rings. The van der Waals surface area contributed by atoms with Crippen LogP contribution in [0.2, 0.25) is 0 Å². The van der Waals surface area contributed by atoms with Gasteiger partial charge in [0.25, 0.3) is 5.56 Å². The molecule has 2 heterocycles. The van der Waals surface area contributed by atoms with Gasteiger partial charge in [0.05, 0.1) is 18.4 Å². The molecular formula is C11H14N4O. The number of rotatable bonds is 3. The van der Waals surface area contributed by atoms with Crippen LogP contribution in [0.15, 0.2) is 35.4 Å². The highest BCUT2D eigenvalue weighted by atomic mass is 16.1. The normalized spacial score (nSPS) is 10.6. The first-order chi connectivity index (χ1) is 7.66. The van der Waals surface area contributed by atoms with Gasteiger partial charge in [0, 0.05) is 24.5 Å². The van der Waals surface area contributed by atoms with Crippen molar-refractivity contribution in [2.45, 2.75) is 20.0 Å². The van der Waals surface area contributed by atoms with E-state index in [-0.39, 0.29) is 5.56 Å². The third kappa shape index (κ3) is 2.13. The Morgan fingerprint density at radius 1 is 1.38 bits per heavy atom. The van der Waals surface area contributed by atoms with Crippen LogP contribution in [0.5, 0.6) is 0 Å². The van der Waals surface area contributed by atoms with Gasteiger partial charge in [-0.25, -0.2) is 0 Å². The molecule has 5 nitrogen and oxygen atoms in total. The summed E-state index contributed by atoms with van der Waals surface area (Å²) in [6.45, 7) is 3.16. The van der Waals surface area contributed by atoms with Crippen molar-refractivity contribution in [3.63, 3.8) is 0 Å². The third-order valence-electron chi connectivity index (χ3n) is 2.47. The van der Waals surface area contributed by atoms with Gasteiger partial charge in [0.2, 0.25) is 0 Å². The van der Waals surface area contributed by atoms with Crippen molar-refractivity contribution in [2.75, 3.05) is 5.73 Å². The summed E-state index contributed by atoms with van der Waals surface area (Å²) in [4.78, 5) is 11.6. The van der Waals surface area contributed by atoms with Crippen LogP contribution in [0.25, 0.3) is 0 Å². The summed E-state index contributed by atoms with van der Waals surface area (Å²) in [6, 6.07) is 5.24. The second kappa shape index (κ2) is 4.22. The predicted octanol–water partition coefficient (Wildman–Crippen LogP) is 0.636. The molecule has 0 spiro atoms. The lowest BCUT2D eigenvalue weighted by Gasteiger charge is -2.08. The molecule has 0 unspecified atom stereocenters. The summed E-state index contributed by atoms with van der Waals surface area (Å²) in [7, 11) is 0. The molecule has 0 aliphatic heterocycles. The fourth-order valence-corrected chi connectivity index (χ4v) is 1.61. The zero-order valence-corrected chi connectivity index (χ0v) is 9.13. The molecule has 0 aliphatic carbocycles. The van der Waals surface area contributed by atoms with Crippen LogP contribution in [-0.2, 0) is 13.1 Å². The number of hydrogen-bond acceptors (Lipinski definition) is 3. The molecule has 84 valence electrons. The molecular weight excluding hydrogens is 204 g/mol. The second-order valence-electron chi connectivity index (χ2n) is 3.69. The number of nitrogens with two attached hydrogens (primary N) is 1. The second-order valence-corrected chi connectivity index (χ2v) is 3.69. The third-order valence-corrected chi connectivity index (χ3v) is 2.47. The van der Waals surface area contributed by atoms with Crippen molar-refractivity contribution in [3.8, 4) is 0 Å². The molecule has 2 rings (SSSR count). The number of aryl methyl sites for hydroxylation is 2. The molecule has 0 fully saturated rings. The summed E-state index contributed by atoms with van der Waals surface area (Å²) >= 11 is 0. The number of anilines is 1. The van der Waals surface area contributed by atoms with E-state index < -0.39 is 0 Å². The molecule has 0 amide bonds. The predicted molar refractivity (Wildman–Crippen MR) is 62.1 cm³/mol. The maximum absolute atomic E-state index is 11.6. The fraction of sp³-hybridized carbons (Fsp3) is 0.273. The van der Waals surface area contributed by atoms with Crippen molar-refractivity contribution < 1.29 is 0 Å². The highest BCUT2D eigenvalue weighted by Gasteiger charge is 2.00. The summed E-state index contributed by atoms with van der Waals surface area (Å²) < 4.78 is 3.45. The molecule has 2 aromatic rings. The van der Waals surface area contributed by atoms with Crippen LogP contribution in [0.3, 0.4) is 0 Å². The van der Waals surface area contributed by atoms with Gasteiger partial charge in [0.15, 0.2) is 0 Å². The van der Waals surface area contributed by atoms with E-state index in [4.69, 9.17) is 5.73 Å². The van der Waals surface area contributed by atoms with Crippen molar-refractivity contribution in [1.29, 1.82) is 0 Å². The summed E-state index contributed by atoms with van der Waals surface area (Å²) in [6.07, 6.45) is 3.35. The van der Waals surface area contributed by atoms with E-state index in [1.54, 1.807) is 33.8 Å². The molecule has 0 saturated heterocycles. The number of hydrogen-bond donors (Lipinski definition) is 1. The molecule has 2 N–H and O–H groups in total. The minimum Gasteiger partial charge on any atom is -0.396 e. The maximum atomic E-state index is 11.6. The largest absolute Gasteiger partial charge is 0.396 e. The Labute approximate surface area is 93.1 Å². The lowest BCUT2D eigenvalue weighted by molar-refractivity contribution is 0.516. The first kappa shape index (κ1) is 10.5. The van der Waals surface area contributed by atoms with Gasteiger partial charge in [-0.15, -0.1) is 0 Å². The van der Waals surface area contributed by atoms with Gasteiger partial charge < -0.3 is 10.3 Å². The number of pyridine rings is 1. The average Bonchev–Trinajstić information content (AvgIpc) is 2.63. The van der Waals surface area contributed by atoms with E-state index in [0.717, 1.165) is 5.69 Å². The zero-order valence-electron chi connectivity index (χ0n) is 9.13. The molecule has 0 bridgehead atoms. The van der Waals surface area contributed by atoms with E-state index >= 15 is 0 Å². The van der Waals surface area contributed by atoms with Crippen LogP contribution < -0.4 is 11.3 Å². The molecule has 2 aromatic heterocycles. The minimum atomic E-state index is 0.0140. The monoisotopic (exact) mass is 218 g/mol. The molecule has 5 heteroatoms. The molecule has 16 heavy (non-hydrogen) atoms. The van der Waals surface area contributed by atoms with Gasteiger partial charge in [-0.05, 0) is 13.0 Å². The van der Waals surface area contributed by atoms with E-state index in [1.807, 2.05) is 13.0 Å². The van der Waals surface area contributed by atoms with Crippen LogP contribution >= 0.6 is 0 Å². The maximum Gasteiger partial charge on any atom is 0.250 e. The number of nitrogens with zero attached hydrogens (tertiary/aromatic N) is 3. The van der Waals surface area contributed by atoms with Crippen molar-refractivity contribution >= 4 is 5.69 Å². The molecule has 0 saturated carbocycles. The van der Waals surface area contributed by atoms with Gasteiger partial charge in [-0.1, -0.05) is 6.07 Å². The van der Waals surface area contributed by atoms with Gasteiger partial charge in [-0.2, -0.15) is 5.10 Å². The SMILES string of the molecule is Cc1cccc(=O)n1CCn1cc(N)cn1. The Hall–Kier alpha value is -2.04. The Kier molecular flexibility index (Phi) is 2.76. The first-order valence-corrected chi connectivity index (χ1v) is 5.11. The lowest BCUT2D eigenvalue weighted by Crippen LogP contribution is -2.23. The topological polar surface area (TPSA) is 65.8 Å². The quantitative estimate of drug-likeness (QED) is 0.822. The lowest BCUT2D eigenvalue weighted by atomic mass is 10.3. The van der Waals surface area contributed by atoms with Crippen molar-refractivity contribution in [1.82, 2.24) is 14.3 Å². The minimum absolute atomic E-state index is 0.0140. The summed E-state index contributed by atoms with van der Waals surface area (Å²) in [5.74, 6) is 0. The number of nitrogen functional groups attached to an aromatic ring is 1.